The number of aromatic nitrogens is 1. The van der Waals surface area contributed by atoms with E-state index in [1.54, 1.807) is 16.8 Å². The number of anilines is 1. The maximum absolute atomic E-state index is 14.1. The zero-order valence-corrected chi connectivity index (χ0v) is 45.8. The Hall–Kier alpha value is -5.11. The second kappa shape index (κ2) is 25.4. The topological polar surface area (TPSA) is 250 Å². The molecule has 3 heterocycles. The molecule has 0 aliphatic carbocycles. The Bertz CT molecular complexity index is 2840. The average Bonchev–Trinajstić information content (AvgIpc) is 3.98. The summed E-state index contributed by atoms with van der Waals surface area (Å²) in [6, 6.07) is 16.5. The molecule has 0 saturated carbocycles. The number of nitrogens with two attached hydrogens (primary N) is 1. The van der Waals surface area contributed by atoms with Crippen molar-refractivity contribution in [1.82, 2.24) is 30.7 Å². The van der Waals surface area contributed by atoms with Gasteiger partial charge in [-0.3, -0.25) is 19.2 Å². The number of β-amino-alcohol motifs (C(OH)–C–C–N with tert-alkyl or cyclic N) is 1. The molecule has 2 aliphatic rings. The van der Waals surface area contributed by atoms with E-state index in [0.717, 1.165) is 38.7 Å². The van der Waals surface area contributed by atoms with Crippen LogP contribution in [0.25, 0.3) is 10.4 Å². The number of amides is 4. The highest BCUT2D eigenvalue weighted by Crippen LogP contribution is 2.37. The van der Waals surface area contributed by atoms with E-state index in [0.29, 0.717) is 70.1 Å². The lowest BCUT2D eigenvalue weighted by Crippen LogP contribution is -2.57. The van der Waals surface area contributed by atoms with Gasteiger partial charge in [0, 0.05) is 55.1 Å². The summed E-state index contributed by atoms with van der Waals surface area (Å²) in [6.07, 6.45) is 1.56. The first-order valence-electron chi connectivity index (χ1n) is 24.7. The summed E-state index contributed by atoms with van der Waals surface area (Å²) in [5.74, 6) is -1.32. The van der Waals surface area contributed by atoms with E-state index in [-0.39, 0.29) is 43.2 Å². The highest BCUT2D eigenvalue weighted by atomic mass is 32.2. The number of unbranched alkanes of at least 4 members (excludes halogenated alkanes) is 1. The third-order valence-corrected chi connectivity index (χ3v) is 18.0. The second-order valence-electron chi connectivity index (χ2n) is 20.2. The number of sulfonamides is 1. The number of nitrogens with one attached hydrogen (secondary N) is 4. The van der Waals surface area contributed by atoms with Gasteiger partial charge in [0.15, 0.2) is 0 Å². The standard InChI is InChI=1S/C51H67F3N8O9S4/c1-32(34-14-16-35(17-15-34)45-33(2)57-31-73-45)58-48(66)42-27-38(63)29-62(42)49(67)46(50(3,4)5)60-44(64)13-9-10-23-56-47(65)36-20-24-61(25-21-36)26-22-37(30-72-39-11-7-6-8-12-39)59-41-19-18-40(75(55,70)71)28-43(41)74(68,69)51(52,53)54/h6-8,11-12,14-19,28,31-32,36-38,42,46,59,63H,9-10,13,20-27,29-30H2,1-5H3,(H,56,65)(H,58,66)(H,60,64)(H2,55,70,71)/t32?,37?,38-,42+,46?/m1/s1. The molecule has 4 aromatic rings. The van der Waals surface area contributed by atoms with Crippen molar-refractivity contribution < 1.29 is 54.3 Å². The van der Waals surface area contributed by atoms with Crippen LogP contribution in [0.1, 0.15) is 89.9 Å². The van der Waals surface area contributed by atoms with E-state index < -0.39 is 82.3 Å². The van der Waals surface area contributed by atoms with Crippen molar-refractivity contribution in [3.8, 4) is 10.4 Å². The van der Waals surface area contributed by atoms with Gasteiger partial charge in [-0.2, -0.15) is 13.2 Å². The Morgan fingerprint density at radius 2 is 1.61 bits per heavy atom. The molecule has 7 N–H and O–H groups in total. The van der Waals surface area contributed by atoms with Crippen LogP contribution >= 0.6 is 23.1 Å². The summed E-state index contributed by atoms with van der Waals surface area (Å²) in [6.45, 7) is 11.1. The molecule has 2 fully saturated rings. The monoisotopic (exact) mass is 1120 g/mol. The number of benzene rings is 3. The molecular weight excluding hydrogens is 1050 g/mol. The van der Waals surface area contributed by atoms with Crippen LogP contribution in [0, 0.1) is 18.3 Å². The maximum atomic E-state index is 14.1. The predicted octanol–water partition coefficient (Wildman–Crippen LogP) is 6.39. The molecule has 0 spiro atoms. The number of carbonyl (C=O) groups excluding carboxylic acids is 4. The SMILES string of the molecule is Cc1ncsc1-c1ccc(C(C)NC(=O)[C@@H]2C[C@@H](O)CN2C(=O)C(NC(=O)CCCCNC(=O)C2CCN(CCC(CSc3ccccc3)Nc3ccc(S(N)(=O)=O)cc3S(=O)(=O)C(F)(F)F)CC2)C(C)(C)C)cc1. The first-order chi connectivity index (χ1) is 35.2. The number of primary sulfonamides is 1. The molecule has 0 bridgehead atoms. The minimum Gasteiger partial charge on any atom is -0.391 e. The minimum absolute atomic E-state index is 0.0553. The highest BCUT2D eigenvalue weighted by Gasteiger charge is 2.49. The Labute approximate surface area is 445 Å². The van der Waals surface area contributed by atoms with Crippen molar-refractivity contribution in [2.75, 3.05) is 43.8 Å². The number of thioether (sulfide) groups is 1. The molecule has 3 aromatic carbocycles. The molecule has 2 saturated heterocycles. The number of aliphatic hydroxyl groups excluding tert-OH is 1. The van der Waals surface area contributed by atoms with Crippen LogP contribution < -0.4 is 26.4 Å². The van der Waals surface area contributed by atoms with Crippen LogP contribution in [0.5, 0.6) is 0 Å². The smallest absolute Gasteiger partial charge is 0.391 e. The summed E-state index contributed by atoms with van der Waals surface area (Å²) in [5.41, 5.74) is -2.25. The normalized spacial score (nSPS) is 18.2. The van der Waals surface area contributed by atoms with Crippen molar-refractivity contribution in [3.63, 3.8) is 0 Å². The van der Waals surface area contributed by atoms with Crippen LogP contribution in [0.4, 0.5) is 18.9 Å². The number of alkyl halides is 3. The van der Waals surface area contributed by atoms with Crippen molar-refractivity contribution in [2.45, 2.75) is 130 Å². The van der Waals surface area contributed by atoms with E-state index in [4.69, 9.17) is 5.14 Å². The Kier molecular flexibility index (Phi) is 20.0. The summed E-state index contributed by atoms with van der Waals surface area (Å²) >= 11 is 2.96. The maximum Gasteiger partial charge on any atom is 0.501 e. The van der Waals surface area contributed by atoms with E-state index in [9.17, 15) is 54.3 Å². The quantitative estimate of drug-likeness (QED) is 0.0369. The number of thiazole rings is 1. The molecule has 3 unspecified atom stereocenters. The second-order valence-corrected chi connectivity index (χ2v) is 25.6. The van der Waals surface area contributed by atoms with E-state index in [1.807, 2.05) is 89.2 Å². The lowest BCUT2D eigenvalue weighted by molar-refractivity contribution is -0.144. The fraction of sp³-hybridized carbons (Fsp3) is 0.510. The molecule has 5 atom stereocenters. The molecule has 0 radical (unpaired) electrons. The van der Waals surface area contributed by atoms with Crippen molar-refractivity contribution in [2.24, 2.45) is 16.5 Å². The highest BCUT2D eigenvalue weighted by molar-refractivity contribution is 7.99. The first-order valence-corrected chi connectivity index (χ1v) is 29.6. The third kappa shape index (κ3) is 16.0. The zero-order chi connectivity index (χ0) is 54.9. The number of piperidine rings is 1. The summed E-state index contributed by atoms with van der Waals surface area (Å²) in [4.78, 5) is 62.1. The van der Waals surface area contributed by atoms with Crippen LogP contribution in [-0.2, 0) is 39.0 Å². The van der Waals surface area contributed by atoms with E-state index >= 15 is 0 Å². The number of likely N-dealkylation sites (tertiary alicyclic amines) is 2. The van der Waals surface area contributed by atoms with Crippen molar-refractivity contribution in [3.05, 3.63) is 89.6 Å². The van der Waals surface area contributed by atoms with Crippen LogP contribution in [0.3, 0.4) is 0 Å². The zero-order valence-electron chi connectivity index (χ0n) is 42.6. The summed E-state index contributed by atoms with van der Waals surface area (Å²) in [7, 11) is -10.5. The molecule has 1 aromatic heterocycles. The predicted molar refractivity (Wildman–Crippen MR) is 283 cm³/mol. The van der Waals surface area contributed by atoms with Gasteiger partial charge in [-0.05, 0) is 106 Å². The number of aliphatic hydroxyl groups is 1. The number of halogens is 3. The first kappa shape index (κ1) is 59.1. The molecule has 6 rings (SSSR count). The van der Waals surface area contributed by atoms with Gasteiger partial charge >= 0.3 is 5.51 Å². The molecule has 17 nitrogen and oxygen atoms in total. The fourth-order valence-corrected chi connectivity index (χ4v) is 12.4. The molecule has 410 valence electrons. The lowest BCUT2D eigenvalue weighted by atomic mass is 9.85. The van der Waals surface area contributed by atoms with E-state index in [1.165, 1.54) is 16.7 Å². The lowest BCUT2D eigenvalue weighted by Gasteiger charge is -2.35. The Morgan fingerprint density at radius 1 is 0.933 bits per heavy atom. The number of carbonyl (C=O) groups is 4. The molecule has 24 heteroatoms. The van der Waals surface area contributed by atoms with Gasteiger partial charge in [0.05, 0.1) is 38.8 Å². The number of rotatable bonds is 22. The van der Waals surface area contributed by atoms with Gasteiger partial charge < -0.3 is 36.2 Å². The third-order valence-electron chi connectivity index (χ3n) is 13.4. The number of aryl methyl sites for hydroxylation is 1. The Morgan fingerprint density at radius 3 is 2.23 bits per heavy atom. The summed E-state index contributed by atoms with van der Waals surface area (Å²) < 4.78 is 90.8. The Balaban J connectivity index is 0.952. The largest absolute Gasteiger partial charge is 0.501 e. The molecular formula is C51H67F3N8O9S4. The van der Waals surface area contributed by atoms with E-state index in [2.05, 4.69) is 31.2 Å². The summed E-state index contributed by atoms with van der Waals surface area (Å²) in [5, 5.41) is 27.6. The van der Waals surface area contributed by atoms with Gasteiger partial charge in [-0.25, -0.2) is 27.0 Å². The van der Waals surface area contributed by atoms with Crippen molar-refractivity contribution >= 4 is 72.3 Å². The molecule has 4 amide bonds. The number of nitrogens with zero attached hydrogens (tertiary/aromatic N) is 3. The van der Waals surface area contributed by atoms with Gasteiger partial charge in [-0.1, -0.05) is 63.2 Å². The molecule has 2 aliphatic heterocycles. The average molecular weight is 1120 g/mol. The van der Waals surface area contributed by atoms with Crippen LogP contribution in [0.2, 0.25) is 0 Å². The number of sulfone groups is 1. The van der Waals surface area contributed by atoms with Crippen LogP contribution in [0.15, 0.2) is 93.0 Å². The number of hydrogen-bond donors (Lipinski definition) is 6. The van der Waals surface area contributed by atoms with Gasteiger partial charge in [0.25, 0.3) is 9.84 Å². The van der Waals surface area contributed by atoms with Crippen LogP contribution in [-0.4, -0.2) is 129 Å². The van der Waals surface area contributed by atoms with Gasteiger partial charge in [-0.15, -0.1) is 23.1 Å². The van der Waals surface area contributed by atoms with Gasteiger partial charge in [0.1, 0.15) is 17.0 Å². The minimum atomic E-state index is -5.99. The fourth-order valence-electron chi connectivity index (χ4n) is 9.05. The molecule has 75 heavy (non-hydrogen) atoms. The number of hydrogen-bond acceptors (Lipinski definition) is 14. The van der Waals surface area contributed by atoms with Crippen molar-refractivity contribution in [1.29, 1.82) is 0 Å². The van der Waals surface area contributed by atoms with Gasteiger partial charge in [0.2, 0.25) is 33.7 Å².